The van der Waals surface area contributed by atoms with Crippen molar-refractivity contribution in [3.8, 4) is 0 Å². The maximum Gasteiger partial charge on any atom is 0.313 e. The number of rotatable bonds is 5. The highest BCUT2D eigenvalue weighted by atomic mass is 16.2. The molecular formula is C22H31N5O2. The number of amides is 2. The highest BCUT2D eigenvalue weighted by Crippen LogP contribution is 2.21. The van der Waals surface area contributed by atoms with Crippen LogP contribution in [0.2, 0.25) is 0 Å². The number of carbonyl (C=O) groups is 2. The zero-order valence-electron chi connectivity index (χ0n) is 17.7. The number of aryl methyl sites for hydroxylation is 3. The second-order valence-electron chi connectivity index (χ2n) is 7.86. The summed E-state index contributed by atoms with van der Waals surface area (Å²) >= 11 is 0. The first-order valence-electron chi connectivity index (χ1n) is 10.1. The van der Waals surface area contributed by atoms with Gasteiger partial charge in [0.25, 0.3) is 0 Å². The second-order valence-corrected chi connectivity index (χ2v) is 7.86. The first-order valence-corrected chi connectivity index (χ1v) is 10.1. The van der Waals surface area contributed by atoms with Crippen LogP contribution in [0.3, 0.4) is 0 Å². The molecule has 1 saturated heterocycles. The molecule has 0 radical (unpaired) electrons. The van der Waals surface area contributed by atoms with E-state index in [2.05, 4.69) is 38.1 Å². The Bertz CT molecular complexity index is 868. The van der Waals surface area contributed by atoms with Crippen LogP contribution in [0.5, 0.6) is 0 Å². The topological polar surface area (TPSA) is 69.6 Å². The fourth-order valence-corrected chi connectivity index (χ4v) is 3.65. The maximum absolute atomic E-state index is 12.4. The Labute approximate surface area is 172 Å². The summed E-state index contributed by atoms with van der Waals surface area (Å²) in [4.78, 5) is 29.5. The third-order valence-electron chi connectivity index (χ3n) is 5.73. The standard InChI is InChI=1S/C22H31N5O2/c1-16-7-8-18(14-17(16)2)24-22(29)21(28)23-15-20(19-6-5-9-26(19)4)27-12-10-25(3)11-13-27/h5-9,14,20H,10-13,15H2,1-4H3,(H,23,28)(H,24,29). The lowest BCUT2D eigenvalue weighted by Gasteiger charge is -2.38. The lowest BCUT2D eigenvalue weighted by atomic mass is 10.1. The van der Waals surface area contributed by atoms with E-state index in [9.17, 15) is 9.59 Å². The second kappa shape index (κ2) is 9.24. The van der Waals surface area contributed by atoms with Crippen LogP contribution in [0.1, 0.15) is 22.9 Å². The molecule has 1 aliphatic heterocycles. The van der Waals surface area contributed by atoms with Crippen LogP contribution in [0.25, 0.3) is 0 Å². The Hall–Kier alpha value is -2.64. The van der Waals surface area contributed by atoms with Crippen molar-refractivity contribution >= 4 is 17.5 Å². The van der Waals surface area contributed by atoms with E-state index in [4.69, 9.17) is 0 Å². The molecule has 2 heterocycles. The fourth-order valence-electron chi connectivity index (χ4n) is 3.65. The summed E-state index contributed by atoms with van der Waals surface area (Å²) in [5.41, 5.74) is 3.97. The van der Waals surface area contributed by atoms with Gasteiger partial charge in [-0.05, 0) is 56.3 Å². The van der Waals surface area contributed by atoms with Gasteiger partial charge in [-0.25, -0.2) is 0 Å². The summed E-state index contributed by atoms with van der Waals surface area (Å²) in [5, 5.41) is 5.52. The summed E-state index contributed by atoms with van der Waals surface area (Å²) in [6.45, 7) is 8.21. The average molecular weight is 398 g/mol. The Morgan fingerprint density at radius 1 is 1.00 bits per heavy atom. The van der Waals surface area contributed by atoms with Gasteiger partial charge < -0.3 is 20.1 Å². The number of benzene rings is 1. The van der Waals surface area contributed by atoms with Gasteiger partial charge in [0.2, 0.25) is 0 Å². The van der Waals surface area contributed by atoms with Gasteiger partial charge in [0.15, 0.2) is 0 Å². The minimum absolute atomic E-state index is 0.0297. The molecular weight excluding hydrogens is 366 g/mol. The van der Waals surface area contributed by atoms with Crippen molar-refractivity contribution in [1.29, 1.82) is 0 Å². The molecule has 1 unspecified atom stereocenters. The minimum Gasteiger partial charge on any atom is -0.353 e. The Morgan fingerprint density at radius 3 is 2.34 bits per heavy atom. The van der Waals surface area contributed by atoms with E-state index >= 15 is 0 Å². The largest absolute Gasteiger partial charge is 0.353 e. The summed E-state index contributed by atoms with van der Waals surface area (Å²) in [6.07, 6.45) is 2.01. The zero-order chi connectivity index (χ0) is 21.0. The number of nitrogens with zero attached hydrogens (tertiary/aromatic N) is 3. The SMILES string of the molecule is Cc1ccc(NC(=O)C(=O)NCC(c2cccn2C)N2CCN(C)CC2)cc1C. The highest BCUT2D eigenvalue weighted by molar-refractivity contribution is 6.39. The van der Waals surface area contributed by atoms with Gasteiger partial charge in [0.05, 0.1) is 6.04 Å². The smallest absolute Gasteiger partial charge is 0.313 e. The molecule has 0 bridgehead atoms. The lowest BCUT2D eigenvalue weighted by molar-refractivity contribution is -0.136. The van der Waals surface area contributed by atoms with Gasteiger partial charge in [0.1, 0.15) is 0 Å². The van der Waals surface area contributed by atoms with Crippen LogP contribution >= 0.6 is 0 Å². The van der Waals surface area contributed by atoms with Gasteiger partial charge in [-0.2, -0.15) is 0 Å². The molecule has 0 aliphatic carbocycles. The molecule has 1 aromatic carbocycles. The predicted molar refractivity (Wildman–Crippen MR) is 115 cm³/mol. The fraction of sp³-hybridized carbons (Fsp3) is 0.455. The van der Waals surface area contributed by atoms with Gasteiger partial charge in [-0.15, -0.1) is 0 Å². The number of hydrogen-bond acceptors (Lipinski definition) is 4. The normalized spacial score (nSPS) is 16.4. The number of anilines is 1. The van der Waals surface area contributed by atoms with Crippen LogP contribution in [0.4, 0.5) is 5.69 Å². The Balaban J connectivity index is 1.63. The van der Waals surface area contributed by atoms with Gasteiger partial charge in [-0.1, -0.05) is 6.07 Å². The van der Waals surface area contributed by atoms with E-state index in [1.165, 1.54) is 0 Å². The lowest BCUT2D eigenvalue weighted by Crippen LogP contribution is -2.49. The van der Waals surface area contributed by atoms with Crippen molar-refractivity contribution in [2.45, 2.75) is 19.9 Å². The molecule has 29 heavy (non-hydrogen) atoms. The third kappa shape index (κ3) is 5.25. The van der Waals surface area contributed by atoms with Crippen LogP contribution in [0.15, 0.2) is 36.5 Å². The van der Waals surface area contributed by atoms with Crippen LogP contribution < -0.4 is 10.6 Å². The van der Waals surface area contributed by atoms with Crippen molar-refractivity contribution in [2.24, 2.45) is 7.05 Å². The third-order valence-corrected chi connectivity index (χ3v) is 5.73. The van der Waals surface area contributed by atoms with Crippen molar-refractivity contribution in [2.75, 3.05) is 45.1 Å². The van der Waals surface area contributed by atoms with Gasteiger partial charge in [0, 0.05) is 57.3 Å². The highest BCUT2D eigenvalue weighted by Gasteiger charge is 2.26. The minimum atomic E-state index is -0.641. The monoisotopic (exact) mass is 397 g/mol. The van der Waals surface area contributed by atoms with Crippen molar-refractivity contribution in [3.63, 3.8) is 0 Å². The van der Waals surface area contributed by atoms with E-state index in [-0.39, 0.29) is 6.04 Å². The van der Waals surface area contributed by atoms with Gasteiger partial charge in [-0.3, -0.25) is 14.5 Å². The molecule has 0 saturated carbocycles. The first kappa shape index (κ1) is 21.1. The molecule has 1 fully saturated rings. The van der Waals surface area contributed by atoms with E-state index in [0.29, 0.717) is 12.2 Å². The molecule has 3 rings (SSSR count). The molecule has 2 N–H and O–H groups in total. The zero-order valence-corrected chi connectivity index (χ0v) is 17.7. The Morgan fingerprint density at radius 2 is 1.72 bits per heavy atom. The number of piperazine rings is 1. The maximum atomic E-state index is 12.4. The predicted octanol–water partition coefficient (Wildman–Crippen LogP) is 1.69. The number of likely N-dealkylation sites (N-methyl/N-ethyl adjacent to an activating group) is 1. The molecule has 2 amide bonds. The molecule has 2 aromatic rings. The van der Waals surface area contributed by atoms with E-state index in [1.54, 1.807) is 0 Å². The number of hydrogen-bond donors (Lipinski definition) is 2. The van der Waals surface area contributed by atoms with E-state index in [0.717, 1.165) is 43.0 Å². The number of carbonyl (C=O) groups excluding carboxylic acids is 2. The number of aromatic nitrogens is 1. The van der Waals surface area contributed by atoms with Crippen LogP contribution in [0, 0.1) is 13.8 Å². The Kier molecular flexibility index (Phi) is 6.71. The molecule has 7 heteroatoms. The quantitative estimate of drug-likeness (QED) is 0.754. The van der Waals surface area contributed by atoms with Crippen LogP contribution in [-0.4, -0.2) is 66.0 Å². The van der Waals surface area contributed by atoms with Gasteiger partial charge >= 0.3 is 11.8 Å². The van der Waals surface area contributed by atoms with Crippen molar-refractivity contribution < 1.29 is 9.59 Å². The molecule has 0 spiro atoms. The molecule has 156 valence electrons. The van der Waals surface area contributed by atoms with Crippen molar-refractivity contribution in [3.05, 3.63) is 53.3 Å². The summed E-state index contributed by atoms with van der Waals surface area (Å²) < 4.78 is 2.07. The van der Waals surface area contributed by atoms with Crippen LogP contribution in [-0.2, 0) is 16.6 Å². The summed E-state index contributed by atoms with van der Waals surface area (Å²) in [7, 11) is 4.13. The number of nitrogens with one attached hydrogen (secondary N) is 2. The molecule has 7 nitrogen and oxygen atoms in total. The average Bonchev–Trinajstić information content (AvgIpc) is 3.12. The molecule has 1 aliphatic rings. The summed E-state index contributed by atoms with van der Waals surface area (Å²) in [5.74, 6) is -1.26. The van der Waals surface area contributed by atoms with E-state index < -0.39 is 11.8 Å². The first-order chi connectivity index (χ1) is 13.8. The molecule has 1 aromatic heterocycles. The molecule has 1 atom stereocenters. The van der Waals surface area contributed by atoms with E-state index in [1.807, 2.05) is 51.4 Å². The summed E-state index contributed by atoms with van der Waals surface area (Å²) in [6, 6.07) is 9.72. The van der Waals surface area contributed by atoms with Crippen molar-refractivity contribution in [1.82, 2.24) is 19.7 Å².